The molecular formula is C17H21ClN2O2S. The number of nitrogens with one attached hydrogen (secondary N) is 1. The van der Waals surface area contributed by atoms with Crippen LogP contribution in [0.15, 0.2) is 53.4 Å². The van der Waals surface area contributed by atoms with Crippen LogP contribution in [0.2, 0.25) is 5.02 Å². The van der Waals surface area contributed by atoms with Gasteiger partial charge in [0.05, 0.1) is 5.02 Å². The highest BCUT2D eigenvalue weighted by Gasteiger charge is 2.21. The van der Waals surface area contributed by atoms with E-state index in [1.165, 1.54) is 11.6 Å². The normalized spacial score (nSPS) is 13.3. The average molecular weight is 353 g/mol. The summed E-state index contributed by atoms with van der Waals surface area (Å²) < 4.78 is 27.6. The number of benzene rings is 2. The van der Waals surface area contributed by atoms with Gasteiger partial charge in [-0.2, -0.15) is 0 Å². The van der Waals surface area contributed by atoms with Crippen molar-refractivity contribution in [1.82, 2.24) is 9.62 Å². The molecule has 0 fully saturated rings. The third-order valence-electron chi connectivity index (χ3n) is 3.68. The van der Waals surface area contributed by atoms with Crippen LogP contribution in [0.5, 0.6) is 0 Å². The lowest BCUT2D eigenvalue weighted by Crippen LogP contribution is -2.34. The molecule has 0 saturated heterocycles. The topological polar surface area (TPSA) is 49.4 Å². The monoisotopic (exact) mass is 352 g/mol. The molecular weight excluding hydrogens is 332 g/mol. The summed E-state index contributed by atoms with van der Waals surface area (Å²) in [5, 5.41) is 0.219. The molecule has 0 saturated carbocycles. The van der Waals surface area contributed by atoms with Crippen molar-refractivity contribution >= 4 is 21.6 Å². The van der Waals surface area contributed by atoms with Crippen LogP contribution in [-0.4, -0.2) is 34.0 Å². The standard InChI is InChI=1S/C17H21ClN2O2S/c1-13-8-10-14(11-9-13)16(20(2)3)12-19-23(21,22)17-7-5-4-6-15(17)18/h4-11,16,19H,12H2,1-3H3. The zero-order valence-corrected chi connectivity index (χ0v) is 15.0. The number of rotatable bonds is 6. The SMILES string of the molecule is Cc1ccc(C(CNS(=O)(=O)c2ccccc2Cl)N(C)C)cc1. The van der Waals surface area contributed by atoms with E-state index in [0.29, 0.717) is 0 Å². The van der Waals surface area contributed by atoms with Crippen molar-refractivity contribution in [1.29, 1.82) is 0 Å². The minimum Gasteiger partial charge on any atom is -0.301 e. The molecule has 4 nitrogen and oxygen atoms in total. The highest BCUT2D eigenvalue weighted by molar-refractivity contribution is 7.89. The van der Waals surface area contributed by atoms with Crippen LogP contribution in [0.25, 0.3) is 0 Å². The van der Waals surface area contributed by atoms with E-state index < -0.39 is 10.0 Å². The first-order valence-electron chi connectivity index (χ1n) is 7.28. The van der Waals surface area contributed by atoms with E-state index in [4.69, 9.17) is 11.6 Å². The molecule has 0 amide bonds. The second-order valence-corrected chi connectivity index (χ2v) is 7.81. The number of sulfonamides is 1. The molecule has 0 radical (unpaired) electrons. The Morgan fingerprint density at radius 2 is 1.70 bits per heavy atom. The number of hydrogen-bond donors (Lipinski definition) is 1. The average Bonchev–Trinajstić information content (AvgIpc) is 2.49. The summed E-state index contributed by atoms with van der Waals surface area (Å²) in [7, 11) is 0.206. The Balaban J connectivity index is 2.19. The van der Waals surface area contributed by atoms with Gasteiger partial charge in [0.2, 0.25) is 10.0 Å². The maximum atomic E-state index is 12.5. The van der Waals surface area contributed by atoms with Crippen LogP contribution in [0, 0.1) is 6.92 Å². The van der Waals surface area contributed by atoms with Crippen LogP contribution in [0.4, 0.5) is 0 Å². The van der Waals surface area contributed by atoms with Crippen LogP contribution in [0.3, 0.4) is 0 Å². The smallest absolute Gasteiger partial charge is 0.242 e. The minimum absolute atomic E-state index is 0.0622. The lowest BCUT2D eigenvalue weighted by Gasteiger charge is -2.25. The molecule has 0 aromatic heterocycles. The lowest BCUT2D eigenvalue weighted by atomic mass is 10.0. The molecule has 0 heterocycles. The quantitative estimate of drug-likeness (QED) is 0.868. The molecule has 2 aromatic rings. The van der Waals surface area contributed by atoms with Gasteiger partial charge in [-0.3, -0.25) is 0 Å². The van der Waals surface area contributed by atoms with E-state index in [1.807, 2.05) is 50.2 Å². The molecule has 23 heavy (non-hydrogen) atoms. The first kappa shape index (κ1) is 17.9. The second-order valence-electron chi connectivity index (χ2n) is 5.67. The highest BCUT2D eigenvalue weighted by Crippen LogP contribution is 2.22. The Hall–Kier alpha value is -1.40. The first-order chi connectivity index (χ1) is 10.8. The predicted octanol–water partition coefficient (Wildman–Crippen LogP) is 3.23. The van der Waals surface area contributed by atoms with Gasteiger partial charge < -0.3 is 4.90 Å². The number of halogens is 1. The van der Waals surface area contributed by atoms with Crippen LogP contribution in [0.1, 0.15) is 17.2 Å². The van der Waals surface area contributed by atoms with Gasteiger partial charge in [0.1, 0.15) is 4.90 Å². The Morgan fingerprint density at radius 1 is 1.09 bits per heavy atom. The van der Waals surface area contributed by atoms with Gasteiger partial charge in [0, 0.05) is 12.6 Å². The molecule has 0 aliphatic rings. The molecule has 0 aliphatic carbocycles. The fraction of sp³-hybridized carbons (Fsp3) is 0.294. The minimum atomic E-state index is -3.64. The van der Waals surface area contributed by atoms with Gasteiger partial charge in [0.15, 0.2) is 0 Å². The maximum Gasteiger partial charge on any atom is 0.242 e. The van der Waals surface area contributed by atoms with E-state index in [0.717, 1.165) is 5.56 Å². The van der Waals surface area contributed by atoms with Crippen molar-refractivity contribution in [2.75, 3.05) is 20.6 Å². The van der Waals surface area contributed by atoms with E-state index in [1.54, 1.807) is 18.2 Å². The van der Waals surface area contributed by atoms with Gasteiger partial charge in [-0.25, -0.2) is 13.1 Å². The fourth-order valence-electron chi connectivity index (χ4n) is 2.32. The van der Waals surface area contributed by atoms with Crippen LogP contribution < -0.4 is 4.72 Å². The fourth-order valence-corrected chi connectivity index (χ4v) is 3.87. The summed E-state index contributed by atoms with van der Waals surface area (Å²) >= 11 is 5.99. The lowest BCUT2D eigenvalue weighted by molar-refractivity contribution is 0.299. The number of likely N-dealkylation sites (N-methyl/N-ethyl adjacent to an activating group) is 1. The van der Waals surface area contributed by atoms with Gasteiger partial charge in [0.25, 0.3) is 0 Å². The van der Waals surface area contributed by atoms with Gasteiger partial charge in [-0.15, -0.1) is 0 Å². The van der Waals surface area contributed by atoms with Crippen molar-refractivity contribution in [3.63, 3.8) is 0 Å². The van der Waals surface area contributed by atoms with Gasteiger partial charge >= 0.3 is 0 Å². The molecule has 0 aliphatic heterocycles. The summed E-state index contributed by atoms with van der Waals surface area (Å²) in [6.07, 6.45) is 0. The van der Waals surface area contributed by atoms with Crippen molar-refractivity contribution in [2.45, 2.75) is 17.9 Å². The molecule has 0 spiro atoms. The molecule has 1 atom stereocenters. The van der Waals surface area contributed by atoms with Gasteiger partial charge in [-0.05, 0) is 38.7 Å². The Morgan fingerprint density at radius 3 is 2.26 bits per heavy atom. The Kier molecular flexibility index (Phi) is 5.81. The molecule has 2 rings (SSSR count). The Bertz CT molecular complexity index is 758. The van der Waals surface area contributed by atoms with E-state index >= 15 is 0 Å². The largest absolute Gasteiger partial charge is 0.301 e. The molecule has 2 aromatic carbocycles. The van der Waals surface area contributed by atoms with E-state index in [9.17, 15) is 8.42 Å². The van der Waals surface area contributed by atoms with Crippen molar-refractivity contribution < 1.29 is 8.42 Å². The summed E-state index contributed by atoms with van der Waals surface area (Å²) in [6, 6.07) is 14.4. The summed E-state index contributed by atoms with van der Waals surface area (Å²) in [5.74, 6) is 0. The predicted molar refractivity (Wildman–Crippen MR) is 94.2 cm³/mol. The van der Waals surface area contributed by atoms with Crippen LogP contribution in [-0.2, 0) is 10.0 Å². The third kappa shape index (κ3) is 4.54. The number of aryl methyl sites for hydroxylation is 1. The zero-order valence-electron chi connectivity index (χ0n) is 13.5. The maximum absolute atomic E-state index is 12.5. The van der Waals surface area contributed by atoms with Gasteiger partial charge in [-0.1, -0.05) is 53.6 Å². The number of hydrogen-bond acceptors (Lipinski definition) is 3. The Labute approximate surface area is 143 Å². The van der Waals surface area contributed by atoms with Crippen molar-refractivity contribution in [2.24, 2.45) is 0 Å². The number of nitrogens with zero attached hydrogens (tertiary/aromatic N) is 1. The molecule has 124 valence electrons. The van der Waals surface area contributed by atoms with Crippen molar-refractivity contribution in [3.8, 4) is 0 Å². The molecule has 1 unspecified atom stereocenters. The van der Waals surface area contributed by atoms with Crippen molar-refractivity contribution in [3.05, 3.63) is 64.7 Å². The summed E-state index contributed by atoms with van der Waals surface area (Å²) in [5.41, 5.74) is 2.23. The molecule has 0 bridgehead atoms. The van der Waals surface area contributed by atoms with E-state index in [-0.39, 0.29) is 22.5 Å². The zero-order chi connectivity index (χ0) is 17.0. The first-order valence-corrected chi connectivity index (χ1v) is 9.14. The second kappa shape index (κ2) is 7.45. The third-order valence-corrected chi connectivity index (χ3v) is 5.60. The molecule has 6 heteroatoms. The summed E-state index contributed by atoms with van der Waals surface area (Å²) in [6.45, 7) is 2.29. The highest BCUT2D eigenvalue weighted by atomic mass is 35.5. The molecule has 1 N–H and O–H groups in total. The van der Waals surface area contributed by atoms with Crippen LogP contribution >= 0.6 is 11.6 Å². The van der Waals surface area contributed by atoms with E-state index in [2.05, 4.69) is 4.72 Å². The summed E-state index contributed by atoms with van der Waals surface area (Å²) in [4.78, 5) is 2.09.